The molecule has 0 radical (unpaired) electrons. The second-order valence-electron chi connectivity index (χ2n) is 7.49. The molecule has 1 heterocycles. The van der Waals surface area contributed by atoms with Crippen LogP contribution in [0.25, 0.3) is 11.1 Å². The molecular weight excluding hydrogens is 366 g/mol. The van der Waals surface area contributed by atoms with Gasteiger partial charge in [-0.2, -0.15) is 0 Å². The Kier molecular flexibility index (Phi) is 4.17. The third kappa shape index (κ3) is 2.71. The number of thiol groups is 1. The van der Waals surface area contributed by atoms with Crippen LogP contribution in [-0.4, -0.2) is 17.6 Å². The number of hydrogen-bond acceptors (Lipinski definition) is 3. The number of fused-ring (bicyclic) bond motifs is 4. The third-order valence-electron chi connectivity index (χ3n) is 5.96. The van der Waals surface area contributed by atoms with Crippen LogP contribution in [0.1, 0.15) is 41.1 Å². The van der Waals surface area contributed by atoms with Crippen molar-refractivity contribution in [2.45, 2.75) is 30.3 Å². The summed E-state index contributed by atoms with van der Waals surface area (Å²) in [6.07, 6.45) is -0.258. The minimum atomic E-state index is -0.258. The third-order valence-corrected chi connectivity index (χ3v) is 6.23. The second kappa shape index (κ2) is 6.71. The fraction of sp³-hybridized carbons (Fsp3) is 0.208. The molecule has 0 N–H and O–H groups in total. The topological polar surface area (TPSA) is 29.5 Å². The smallest absolute Gasteiger partial charge is 0.410 e. The molecule has 1 unspecified atom stereocenters. The van der Waals surface area contributed by atoms with Crippen LogP contribution in [0.15, 0.2) is 71.6 Å². The van der Waals surface area contributed by atoms with Crippen molar-refractivity contribution in [1.29, 1.82) is 0 Å². The van der Waals surface area contributed by atoms with Gasteiger partial charge in [0.1, 0.15) is 6.61 Å². The number of carbonyl (C=O) groups excluding carboxylic acids is 1. The van der Waals surface area contributed by atoms with Gasteiger partial charge in [-0.3, -0.25) is 4.90 Å². The van der Waals surface area contributed by atoms with Crippen molar-refractivity contribution in [2.75, 3.05) is 6.61 Å². The Morgan fingerprint density at radius 2 is 1.64 bits per heavy atom. The lowest BCUT2D eigenvalue weighted by atomic mass is 9.98. The monoisotopic (exact) mass is 387 g/mol. The Hall–Kier alpha value is -2.72. The maximum atomic E-state index is 12.9. The standard InChI is InChI=1S/C24H21NO2S/c1-15-18-11-10-17(28)12-16(18)13-25(15)24(26)27-14-23-21-8-4-2-6-19(21)20-7-3-5-9-22(20)23/h2-12,15,23,28H,13-14H2,1H3. The predicted molar refractivity (Wildman–Crippen MR) is 113 cm³/mol. The minimum absolute atomic E-state index is 0.0135. The van der Waals surface area contributed by atoms with Gasteiger partial charge < -0.3 is 4.74 Å². The summed E-state index contributed by atoms with van der Waals surface area (Å²) in [6, 6.07) is 22.8. The van der Waals surface area contributed by atoms with E-state index in [-0.39, 0.29) is 18.1 Å². The number of hydrogen-bond donors (Lipinski definition) is 1. The minimum Gasteiger partial charge on any atom is -0.448 e. The Morgan fingerprint density at radius 1 is 1.00 bits per heavy atom. The molecule has 1 aliphatic carbocycles. The quantitative estimate of drug-likeness (QED) is 0.563. The zero-order valence-corrected chi connectivity index (χ0v) is 16.5. The first-order valence-electron chi connectivity index (χ1n) is 9.57. The summed E-state index contributed by atoms with van der Waals surface area (Å²) < 4.78 is 5.82. The van der Waals surface area contributed by atoms with Crippen LogP contribution in [-0.2, 0) is 11.3 Å². The SMILES string of the molecule is CC1c2ccc(S)cc2CN1C(=O)OCC1c2ccccc2-c2ccccc21. The fourth-order valence-corrected chi connectivity index (χ4v) is 4.75. The number of nitrogens with zero attached hydrogens (tertiary/aromatic N) is 1. The molecule has 1 amide bonds. The second-order valence-corrected chi connectivity index (χ2v) is 8.01. The van der Waals surface area contributed by atoms with E-state index >= 15 is 0 Å². The predicted octanol–water partition coefficient (Wildman–Crippen LogP) is 5.80. The lowest BCUT2D eigenvalue weighted by molar-refractivity contribution is 0.0894. The number of rotatable bonds is 2. The van der Waals surface area contributed by atoms with Gasteiger partial charge in [-0.1, -0.05) is 54.6 Å². The van der Waals surface area contributed by atoms with E-state index in [0.717, 1.165) is 10.5 Å². The molecular formula is C24H21NO2S. The van der Waals surface area contributed by atoms with Crippen LogP contribution < -0.4 is 0 Å². The highest BCUT2D eigenvalue weighted by molar-refractivity contribution is 7.80. The van der Waals surface area contributed by atoms with E-state index in [1.807, 2.05) is 31.2 Å². The molecule has 0 saturated heterocycles. The van der Waals surface area contributed by atoms with E-state index in [2.05, 4.69) is 55.1 Å². The summed E-state index contributed by atoms with van der Waals surface area (Å²) in [6.45, 7) is 2.97. The number of carbonyl (C=O) groups is 1. The lowest BCUT2D eigenvalue weighted by Gasteiger charge is -2.23. The Morgan fingerprint density at radius 3 is 2.32 bits per heavy atom. The van der Waals surface area contributed by atoms with E-state index in [9.17, 15) is 4.79 Å². The summed E-state index contributed by atoms with van der Waals surface area (Å²) in [5, 5.41) is 0. The van der Waals surface area contributed by atoms with Gasteiger partial charge in [0.05, 0.1) is 12.6 Å². The Bertz CT molecular complexity index is 1030. The van der Waals surface area contributed by atoms with Gasteiger partial charge in [0.15, 0.2) is 0 Å². The summed E-state index contributed by atoms with van der Waals surface area (Å²) in [5.41, 5.74) is 7.26. The lowest BCUT2D eigenvalue weighted by Crippen LogP contribution is -2.30. The van der Waals surface area contributed by atoms with E-state index in [1.54, 1.807) is 4.90 Å². The maximum absolute atomic E-state index is 12.9. The molecule has 0 bridgehead atoms. The molecule has 28 heavy (non-hydrogen) atoms. The van der Waals surface area contributed by atoms with E-state index in [0.29, 0.717) is 13.2 Å². The van der Waals surface area contributed by atoms with Gasteiger partial charge >= 0.3 is 6.09 Å². The van der Waals surface area contributed by atoms with E-state index in [4.69, 9.17) is 4.74 Å². The van der Waals surface area contributed by atoms with Crippen molar-refractivity contribution < 1.29 is 9.53 Å². The van der Waals surface area contributed by atoms with Crippen LogP contribution in [0, 0.1) is 0 Å². The van der Waals surface area contributed by atoms with Crippen molar-refractivity contribution >= 4 is 18.7 Å². The summed E-state index contributed by atoms with van der Waals surface area (Å²) in [4.78, 5) is 15.6. The van der Waals surface area contributed by atoms with Gasteiger partial charge in [-0.05, 0) is 52.4 Å². The molecule has 140 valence electrons. The zero-order chi connectivity index (χ0) is 19.3. The van der Waals surface area contributed by atoms with Crippen LogP contribution in [0.2, 0.25) is 0 Å². The maximum Gasteiger partial charge on any atom is 0.410 e. The van der Waals surface area contributed by atoms with Gasteiger partial charge in [0.2, 0.25) is 0 Å². The Labute approximate surface area is 170 Å². The first-order chi connectivity index (χ1) is 13.6. The average molecular weight is 388 g/mol. The molecule has 4 heteroatoms. The highest BCUT2D eigenvalue weighted by atomic mass is 32.1. The fourth-order valence-electron chi connectivity index (χ4n) is 4.52. The van der Waals surface area contributed by atoms with E-state index < -0.39 is 0 Å². The highest BCUT2D eigenvalue weighted by Crippen LogP contribution is 2.44. The average Bonchev–Trinajstić information content (AvgIpc) is 3.21. The van der Waals surface area contributed by atoms with Crippen LogP contribution in [0.4, 0.5) is 4.79 Å². The summed E-state index contributed by atoms with van der Waals surface area (Å²) in [7, 11) is 0. The molecule has 2 aliphatic rings. The van der Waals surface area contributed by atoms with Crippen molar-refractivity contribution in [1.82, 2.24) is 4.90 Å². The molecule has 1 aliphatic heterocycles. The summed E-state index contributed by atoms with van der Waals surface area (Å²) in [5.74, 6) is 0.0840. The molecule has 0 fully saturated rings. The molecule has 3 aromatic rings. The van der Waals surface area contributed by atoms with Crippen molar-refractivity contribution in [3.63, 3.8) is 0 Å². The number of benzene rings is 3. The molecule has 0 saturated carbocycles. The summed E-state index contributed by atoms with van der Waals surface area (Å²) >= 11 is 4.41. The van der Waals surface area contributed by atoms with Gasteiger partial charge in [-0.25, -0.2) is 4.79 Å². The molecule has 5 rings (SSSR count). The first-order valence-corrected chi connectivity index (χ1v) is 10.0. The van der Waals surface area contributed by atoms with Gasteiger partial charge in [-0.15, -0.1) is 12.6 Å². The molecule has 3 aromatic carbocycles. The Balaban J connectivity index is 1.35. The molecule has 3 nitrogen and oxygen atoms in total. The number of ether oxygens (including phenoxy) is 1. The molecule has 0 spiro atoms. The molecule has 1 atom stereocenters. The van der Waals surface area contributed by atoms with Gasteiger partial charge in [0, 0.05) is 10.8 Å². The van der Waals surface area contributed by atoms with Crippen molar-refractivity contribution in [3.8, 4) is 11.1 Å². The van der Waals surface area contributed by atoms with Gasteiger partial charge in [0.25, 0.3) is 0 Å². The largest absolute Gasteiger partial charge is 0.448 e. The highest BCUT2D eigenvalue weighted by Gasteiger charge is 2.33. The number of amides is 1. The zero-order valence-electron chi connectivity index (χ0n) is 15.6. The van der Waals surface area contributed by atoms with Crippen molar-refractivity contribution in [2.24, 2.45) is 0 Å². The van der Waals surface area contributed by atoms with E-state index in [1.165, 1.54) is 27.8 Å². The van der Waals surface area contributed by atoms with Crippen LogP contribution in [0.5, 0.6) is 0 Å². The molecule has 0 aromatic heterocycles. The normalized spacial score (nSPS) is 17.2. The van der Waals surface area contributed by atoms with Crippen LogP contribution >= 0.6 is 12.6 Å². The van der Waals surface area contributed by atoms with Crippen molar-refractivity contribution in [3.05, 3.63) is 89.0 Å². The first kappa shape index (κ1) is 17.4. The van der Waals surface area contributed by atoms with Crippen LogP contribution in [0.3, 0.4) is 0 Å².